The largest absolute Gasteiger partial charge is 0.388 e. The Morgan fingerprint density at radius 3 is 2.89 bits per heavy atom. The highest BCUT2D eigenvalue weighted by Gasteiger charge is 2.24. The lowest BCUT2D eigenvalue weighted by Gasteiger charge is -2.34. The minimum absolute atomic E-state index is 0.595. The molecule has 1 aromatic heterocycles. The Hall–Kier alpha value is 0.0200. The fourth-order valence-corrected chi connectivity index (χ4v) is 3.42. The Bertz CT molecular complexity index is 392. The number of aliphatic hydroxyl groups is 1. The summed E-state index contributed by atoms with van der Waals surface area (Å²) >= 11 is 5.14. The summed E-state index contributed by atoms with van der Waals surface area (Å²) in [4.78, 5) is 2.26. The molecular formula is C13H21BrN2O2S. The number of nitrogens with zero attached hydrogens (tertiary/aromatic N) is 1. The first-order chi connectivity index (χ1) is 9.05. The zero-order valence-electron chi connectivity index (χ0n) is 11.2. The number of morpholine rings is 1. The number of rotatable bonds is 6. The lowest BCUT2D eigenvalue weighted by molar-refractivity contribution is -0.0219. The van der Waals surface area contributed by atoms with Gasteiger partial charge in [0.05, 0.1) is 22.6 Å². The molecule has 0 bridgehead atoms. The molecule has 6 heteroatoms. The molecule has 2 N–H and O–H groups in total. The molecule has 0 saturated carbocycles. The molecule has 0 spiro atoms. The number of nitrogens with one attached hydrogen (secondary N) is 1. The van der Waals surface area contributed by atoms with Gasteiger partial charge < -0.3 is 15.2 Å². The Morgan fingerprint density at radius 1 is 1.53 bits per heavy atom. The van der Waals surface area contributed by atoms with Crippen LogP contribution in [0.1, 0.15) is 12.5 Å². The molecule has 1 fully saturated rings. The molecule has 1 aliphatic heterocycles. The summed E-state index contributed by atoms with van der Waals surface area (Å²) in [6, 6.07) is 2.11. The lowest BCUT2D eigenvalue weighted by Crippen LogP contribution is -2.50. The predicted molar refractivity (Wildman–Crippen MR) is 81.6 cm³/mol. The topological polar surface area (TPSA) is 44.7 Å². The number of halogens is 1. The van der Waals surface area contributed by atoms with E-state index in [4.69, 9.17) is 4.74 Å². The molecule has 2 heterocycles. The standard InChI is InChI=1S/C13H21BrN2O2S/c1-13(17,10-16-2-4-18-5-3-16)9-15-7-11-6-12(14)19-8-11/h6,8,15,17H,2-5,7,9-10H2,1H3. The Labute approximate surface area is 126 Å². The van der Waals surface area contributed by atoms with Gasteiger partial charge in [-0.3, -0.25) is 4.90 Å². The van der Waals surface area contributed by atoms with Crippen LogP contribution in [-0.4, -0.2) is 55.0 Å². The van der Waals surface area contributed by atoms with E-state index in [-0.39, 0.29) is 0 Å². The zero-order chi connectivity index (χ0) is 13.7. The number of hydrogen-bond donors (Lipinski definition) is 2. The summed E-state index contributed by atoms with van der Waals surface area (Å²) < 4.78 is 6.46. The van der Waals surface area contributed by atoms with Crippen molar-refractivity contribution in [2.45, 2.75) is 19.1 Å². The number of hydrogen-bond acceptors (Lipinski definition) is 5. The van der Waals surface area contributed by atoms with Crippen molar-refractivity contribution in [1.29, 1.82) is 0 Å². The van der Waals surface area contributed by atoms with Crippen LogP contribution in [0.4, 0.5) is 0 Å². The quantitative estimate of drug-likeness (QED) is 0.820. The molecule has 19 heavy (non-hydrogen) atoms. The molecule has 0 aromatic carbocycles. The van der Waals surface area contributed by atoms with E-state index in [0.717, 1.165) is 36.6 Å². The van der Waals surface area contributed by atoms with Gasteiger partial charge in [-0.25, -0.2) is 0 Å². The van der Waals surface area contributed by atoms with Gasteiger partial charge in [0.2, 0.25) is 0 Å². The third kappa shape index (κ3) is 5.49. The summed E-state index contributed by atoms with van der Waals surface area (Å²) in [5.74, 6) is 0. The van der Waals surface area contributed by atoms with Crippen LogP contribution in [0.5, 0.6) is 0 Å². The SMILES string of the molecule is CC(O)(CNCc1csc(Br)c1)CN1CCOCC1. The smallest absolute Gasteiger partial charge is 0.0869 e. The minimum Gasteiger partial charge on any atom is -0.388 e. The molecule has 0 radical (unpaired) electrons. The van der Waals surface area contributed by atoms with E-state index in [1.807, 2.05) is 6.92 Å². The number of thiophene rings is 1. The molecule has 108 valence electrons. The van der Waals surface area contributed by atoms with Crippen LogP contribution in [0.3, 0.4) is 0 Å². The van der Waals surface area contributed by atoms with Gasteiger partial charge in [0.15, 0.2) is 0 Å². The number of β-amino-alcohol motifs (C(OH)–C–C–N with tert-alkyl or cyclic N) is 1. The van der Waals surface area contributed by atoms with Crippen LogP contribution in [0, 0.1) is 0 Å². The molecule has 2 rings (SSSR count). The van der Waals surface area contributed by atoms with Crippen molar-refractivity contribution < 1.29 is 9.84 Å². The van der Waals surface area contributed by atoms with Gasteiger partial charge in [0, 0.05) is 32.7 Å². The molecule has 4 nitrogen and oxygen atoms in total. The molecule has 1 aliphatic rings. The van der Waals surface area contributed by atoms with Crippen molar-refractivity contribution >= 4 is 27.3 Å². The van der Waals surface area contributed by atoms with Crippen molar-refractivity contribution in [1.82, 2.24) is 10.2 Å². The second-order valence-corrected chi connectivity index (χ2v) is 7.54. The minimum atomic E-state index is -0.704. The molecule has 0 aliphatic carbocycles. The Balaban J connectivity index is 1.70. The Morgan fingerprint density at radius 2 is 2.26 bits per heavy atom. The van der Waals surface area contributed by atoms with Crippen LogP contribution in [-0.2, 0) is 11.3 Å². The van der Waals surface area contributed by atoms with Gasteiger partial charge in [0.1, 0.15) is 0 Å². The number of ether oxygens (including phenoxy) is 1. The van der Waals surface area contributed by atoms with Gasteiger partial charge in [0.25, 0.3) is 0 Å². The highest BCUT2D eigenvalue weighted by atomic mass is 79.9. The maximum Gasteiger partial charge on any atom is 0.0869 e. The highest BCUT2D eigenvalue weighted by molar-refractivity contribution is 9.11. The normalized spacial score (nSPS) is 20.4. The van der Waals surface area contributed by atoms with Crippen LogP contribution >= 0.6 is 27.3 Å². The highest BCUT2D eigenvalue weighted by Crippen LogP contribution is 2.20. The van der Waals surface area contributed by atoms with Gasteiger partial charge in [-0.2, -0.15) is 0 Å². The van der Waals surface area contributed by atoms with Crippen LogP contribution in [0.25, 0.3) is 0 Å². The summed E-state index contributed by atoms with van der Waals surface area (Å²) in [6.07, 6.45) is 0. The van der Waals surface area contributed by atoms with Crippen LogP contribution < -0.4 is 5.32 Å². The van der Waals surface area contributed by atoms with E-state index in [9.17, 15) is 5.11 Å². The van der Waals surface area contributed by atoms with E-state index in [1.165, 1.54) is 5.56 Å². The van der Waals surface area contributed by atoms with Crippen LogP contribution in [0.15, 0.2) is 15.2 Å². The molecule has 0 amide bonds. The van der Waals surface area contributed by atoms with E-state index in [0.29, 0.717) is 13.1 Å². The second kappa shape index (κ2) is 7.15. The maximum absolute atomic E-state index is 10.4. The second-order valence-electron chi connectivity index (χ2n) is 5.25. The summed E-state index contributed by atoms with van der Waals surface area (Å²) in [5.41, 5.74) is 0.545. The summed E-state index contributed by atoms with van der Waals surface area (Å²) in [5, 5.41) is 15.8. The van der Waals surface area contributed by atoms with Crippen molar-refractivity contribution in [3.05, 3.63) is 20.8 Å². The van der Waals surface area contributed by atoms with Gasteiger partial charge in [-0.15, -0.1) is 11.3 Å². The van der Waals surface area contributed by atoms with Crippen LogP contribution in [0.2, 0.25) is 0 Å². The molecule has 1 atom stereocenters. The monoisotopic (exact) mass is 348 g/mol. The molecule has 1 aromatic rings. The predicted octanol–water partition coefficient (Wildman–Crippen LogP) is 1.68. The van der Waals surface area contributed by atoms with E-state index in [1.54, 1.807) is 11.3 Å². The van der Waals surface area contributed by atoms with E-state index < -0.39 is 5.60 Å². The van der Waals surface area contributed by atoms with Gasteiger partial charge >= 0.3 is 0 Å². The van der Waals surface area contributed by atoms with Gasteiger partial charge in [-0.05, 0) is 39.9 Å². The zero-order valence-corrected chi connectivity index (χ0v) is 13.6. The fraction of sp³-hybridized carbons (Fsp3) is 0.692. The molecular weight excluding hydrogens is 328 g/mol. The van der Waals surface area contributed by atoms with E-state index in [2.05, 4.69) is 37.6 Å². The fourth-order valence-electron chi connectivity index (χ4n) is 2.21. The average Bonchev–Trinajstić information content (AvgIpc) is 2.75. The van der Waals surface area contributed by atoms with Crippen molar-refractivity contribution in [3.63, 3.8) is 0 Å². The summed E-state index contributed by atoms with van der Waals surface area (Å²) in [7, 11) is 0. The molecule has 1 unspecified atom stereocenters. The summed E-state index contributed by atoms with van der Waals surface area (Å²) in [6.45, 7) is 7.33. The first-order valence-electron chi connectivity index (χ1n) is 6.51. The Kier molecular flexibility index (Phi) is 5.80. The lowest BCUT2D eigenvalue weighted by atomic mass is 10.1. The van der Waals surface area contributed by atoms with Crippen molar-refractivity contribution in [3.8, 4) is 0 Å². The average molecular weight is 349 g/mol. The molecule has 1 saturated heterocycles. The third-order valence-corrected chi connectivity index (χ3v) is 4.68. The van der Waals surface area contributed by atoms with Gasteiger partial charge in [-0.1, -0.05) is 0 Å². The maximum atomic E-state index is 10.4. The van der Waals surface area contributed by atoms with Crippen molar-refractivity contribution in [2.75, 3.05) is 39.4 Å². The first-order valence-corrected chi connectivity index (χ1v) is 8.18. The first kappa shape index (κ1) is 15.4. The third-order valence-electron chi connectivity index (χ3n) is 3.12. The van der Waals surface area contributed by atoms with E-state index >= 15 is 0 Å². The van der Waals surface area contributed by atoms with Crippen molar-refractivity contribution in [2.24, 2.45) is 0 Å².